The number of amides is 1. The average molecular weight is 427 g/mol. The van der Waals surface area contributed by atoms with E-state index in [4.69, 9.17) is 5.73 Å². The minimum atomic E-state index is -3.69. The van der Waals surface area contributed by atoms with E-state index in [0.29, 0.717) is 27.5 Å². The van der Waals surface area contributed by atoms with Crippen LogP contribution >= 0.6 is 31.9 Å². The lowest BCUT2D eigenvalue weighted by molar-refractivity contribution is -0.119. The van der Waals surface area contributed by atoms with Gasteiger partial charge in [0.1, 0.15) is 4.90 Å². The molecule has 1 aliphatic heterocycles. The lowest BCUT2D eigenvalue weighted by Crippen LogP contribution is -2.38. The number of carbonyl (C=O) groups is 1. The first-order chi connectivity index (χ1) is 9.29. The van der Waals surface area contributed by atoms with Gasteiger partial charge in [-0.2, -0.15) is 0 Å². The van der Waals surface area contributed by atoms with Crippen molar-refractivity contribution < 1.29 is 13.2 Å². The Morgan fingerprint density at radius 3 is 2.45 bits per heavy atom. The fraction of sp³-hybridized carbons (Fsp3) is 0.364. The highest BCUT2D eigenvalue weighted by atomic mass is 79.9. The van der Waals surface area contributed by atoms with Gasteiger partial charge in [-0.3, -0.25) is 4.79 Å². The van der Waals surface area contributed by atoms with Gasteiger partial charge in [0.25, 0.3) is 0 Å². The third-order valence-corrected chi connectivity index (χ3v) is 6.19. The summed E-state index contributed by atoms with van der Waals surface area (Å²) >= 11 is 6.40. The van der Waals surface area contributed by atoms with Crippen LogP contribution in [0.1, 0.15) is 12.8 Å². The number of halogens is 2. The summed E-state index contributed by atoms with van der Waals surface area (Å²) in [6.45, 7) is 0.164. The Kier molecular flexibility index (Phi) is 4.73. The molecule has 0 bridgehead atoms. The van der Waals surface area contributed by atoms with Crippen molar-refractivity contribution in [1.82, 2.24) is 10.0 Å². The highest BCUT2D eigenvalue weighted by molar-refractivity contribution is 9.11. The minimum absolute atomic E-state index is 0.0518. The lowest BCUT2D eigenvalue weighted by atomic mass is 10.2. The maximum absolute atomic E-state index is 12.3. The Hall–Kier alpha value is -0.640. The maximum atomic E-state index is 12.3. The first kappa shape index (κ1) is 15.7. The third-order valence-electron chi connectivity index (χ3n) is 2.89. The van der Waals surface area contributed by atoms with E-state index in [9.17, 15) is 13.2 Å². The molecule has 1 atom stereocenters. The molecule has 6 nitrogen and oxygen atoms in total. The predicted molar refractivity (Wildman–Crippen MR) is 82.6 cm³/mol. The number of hydrogen-bond donors (Lipinski definition) is 3. The number of anilines is 1. The number of nitrogens with two attached hydrogens (primary N) is 1. The maximum Gasteiger partial charge on any atom is 0.242 e. The predicted octanol–water partition coefficient (Wildman–Crippen LogP) is 1.35. The minimum Gasteiger partial charge on any atom is -0.399 e. The molecule has 1 fully saturated rings. The van der Waals surface area contributed by atoms with Crippen molar-refractivity contribution in [3.63, 3.8) is 0 Å². The van der Waals surface area contributed by atoms with Crippen LogP contribution in [0.25, 0.3) is 0 Å². The SMILES string of the molecule is Nc1cc(Br)c(S(=O)(=O)NCC2CCC(=O)N2)c(Br)c1. The number of hydrogen-bond acceptors (Lipinski definition) is 4. The van der Waals surface area contributed by atoms with E-state index in [1.54, 1.807) is 0 Å². The molecule has 0 aliphatic carbocycles. The van der Waals surface area contributed by atoms with E-state index >= 15 is 0 Å². The van der Waals surface area contributed by atoms with E-state index in [2.05, 4.69) is 41.9 Å². The molecule has 0 spiro atoms. The van der Waals surface area contributed by atoms with Gasteiger partial charge in [0.2, 0.25) is 15.9 Å². The van der Waals surface area contributed by atoms with Gasteiger partial charge in [0.05, 0.1) is 0 Å². The number of rotatable bonds is 4. The van der Waals surface area contributed by atoms with Crippen molar-refractivity contribution in [3.05, 3.63) is 21.1 Å². The van der Waals surface area contributed by atoms with Crippen molar-refractivity contribution in [2.24, 2.45) is 0 Å². The highest BCUT2D eigenvalue weighted by Gasteiger charge is 2.25. The first-order valence-electron chi connectivity index (χ1n) is 5.83. The zero-order valence-corrected chi connectivity index (χ0v) is 14.3. The summed E-state index contributed by atoms with van der Waals surface area (Å²) in [5.74, 6) is -0.0518. The van der Waals surface area contributed by atoms with E-state index in [0.717, 1.165) is 0 Å². The zero-order valence-electron chi connectivity index (χ0n) is 10.3. The van der Waals surface area contributed by atoms with E-state index in [-0.39, 0.29) is 23.4 Å². The molecule has 110 valence electrons. The molecule has 1 aromatic rings. The number of carbonyl (C=O) groups excluding carboxylic acids is 1. The highest BCUT2D eigenvalue weighted by Crippen LogP contribution is 2.32. The molecule has 1 amide bonds. The van der Waals surface area contributed by atoms with Gasteiger partial charge in [-0.25, -0.2) is 13.1 Å². The van der Waals surface area contributed by atoms with Crippen LogP contribution in [0.2, 0.25) is 0 Å². The van der Waals surface area contributed by atoms with Gasteiger partial charge in [0, 0.05) is 33.6 Å². The van der Waals surface area contributed by atoms with Gasteiger partial charge >= 0.3 is 0 Å². The molecular formula is C11H13Br2N3O3S. The van der Waals surface area contributed by atoms with Gasteiger partial charge in [-0.15, -0.1) is 0 Å². The number of nitrogens with one attached hydrogen (secondary N) is 2. The van der Waals surface area contributed by atoms with Crippen LogP contribution < -0.4 is 15.8 Å². The molecule has 1 saturated heterocycles. The molecule has 2 rings (SSSR count). The Balaban J connectivity index is 2.16. The summed E-state index contributed by atoms with van der Waals surface area (Å²) < 4.78 is 27.9. The Bertz CT molecular complexity index is 625. The summed E-state index contributed by atoms with van der Waals surface area (Å²) in [6, 6.07) is 2.89. The number of sulfonamides is 1. The van der Waals surface area contributed by atoms with Crippen molar-refractivity contribution in [3.8, 4) is 0 Å². The van der Waals surface area contributed by atoms with Crippen LogP contribution in [-0.2, 0) is 14.8 Å². The molecule has 1 unspecified atom stereocenters. The van der Waals surface area contributed by atoms with Gasteiger partial charge < -0.3 is 11.1 Å². The van der Waals surface area contributed by atoms with Gasteiger partial charge in [0.15, 0.2) is 0 Å². The molecule has 0 saturated carbocycles. The van der Waals surface area contributed by atoms with Crippen LogP contribution in [0, 0.1) is 0 Å². The Morgan fingerprint density at radius 2 is 1.95 bits per heavy atom. The van der Waals surface area contributed by atoms with Crippen molar-refractivity contribution in [1.29, 1.82) is 0 Å². The fourth-order valence-corrected chi connectivity index (χ4v) is 5.65. The molecule has 1 aromatic carbocycles. The first-order valence-corrected chi connectivity index (χ1v) is 8.90. The summed E-state index contributed by atoms with van der Waals surface area (Å²) in [5.41, 5.74) is 6.09. The van der Waals surface area contributed by atoms with Gasteiger partial charge in [-0.05, 0) is 50.4 Å². The third kappa shape index (κ3) is 3.51. The molecule has 9 heteroatoms. The molecule has 0 radical (unpaired) electrons. The van der Waals surface area contributed by atoms with Gasteiger partial charge in [-0.1, -0.05) is 0 Å². The molecular weight excluding hydrogens is 414 g/mol. The van der Waals surface area contributed by atoms with Crippen molar-refractivity contribution >= 4 is 53.5 Å². The summed E-state index contributed by atoms with van der Waals surface area (Å²) in [6.07, 6.45) is 1.06. The van der Waals surface area contributed by atoms with Crippen LogP contribution in [0.15, 0.2) is 26.0 Å². The van der Waals surface area contributed by atoms with E-state index < -0.39 is 10.0 Å². The second kappa shape index (κ2) is 6.00. The standard InChI is InChI=1S/C11H13Br2N3O3S/c12-8-3-6(14)4-9(13)11(8)20(18,19)15-5-7-1-2-10(17)16-7/h3-4,7,15H,1-2,5,14H2,(H,16,17). The second-order valence-electron chi connectivity index (χ2n) is 4.47. The smallest absolute Gasteiger partial charge is 0.242 e. The van der Waals surface area contributed by atoms with E-state index in [1.807, 2.05) is 0 Å². The molecule has 20 heavy (non-hydrogen) atoms. The quantitative estimate of drug-likeness (QED) is 0.632. The summed E-state index contributed by atoms with van der Waals surface area (Å²) in [4.78, 5) is 11.2. The largest absolute Gasteiger partial charge is 0.399 e. The van der Waals surface area contributed by atoms with Crippen LogP contribution in [0.4, 0.5) is 5.69 Å². The molecule has 4 N–H and O–H groups in total. The van der Waals surface area contributed by atoms with Crippen molar-refractivity contribution in [2.45, 2.75) is 23.8 Å². The fourth-order valence-electron chi connectivity index (χ4n) is 1.95. The normalized spacial score (nSPS) is 19.1. The zero-order chi connectivity index (χ0) is 14.9. The Labute approximate surface area is 133 Å². The van der Waals surface area contributed by atoms with Crippen LogP contribution in [0.3, 0.4) is 0 Å². The van der Waals surface area contributed by atoms with Crippen LogP contribution in [0.5, 0.6) is 0 Å². The Morgan fingerprint density at radius 1 is 1.35 bits per heavy atom. The molecule has 1 heterocycles. The lowest BCUT2D eigenvalue weighted by Gasteiger charge is -2.14. The topological polar surface area (TPSA) is 101 Å². The second-order valence-corrected chi connectivity index (χ2v) is 7.88. The monoisotopic (exact) mass is 425 g/mol. The van der Waals surface area contributed by atoms with E-state index in [1.165, 1.54) is 12.1 Å². The average Bonchev–Trinajstić information content (AvgIpc) is 2.71. The summed E-state index contributed by atoms with van der Waals surface area (Å²) in [7, 11) is -3.69. The molecule has 1 aliphatic rings. The van der Waals surface area contributed by atoms with Crippen LogP contribution in [-0.4, -0.2) is 26.9 Å². The summed E-state index contributed by atoms with van der Waals surface area (Å²) in [5, 5.41) is 2.71. The number of benzene rings is 1. The molecule has 0 aromatic heterocycles. The van der Waals surface area contributed by atoms with Crippen molar-refractivity contribution in [2.75, 3.05) is 12.3 Å². The number of nitrogen functional groups attached to an aromatic ring is 1.